The summed E-state index contributed by atoms with van der Waals surface area (Å²) in [5, 5.41) is 10.1. The van der Waals surface area contributed by atoms with E-state index in [0.29, 0.717) is 5.75 Å². The Morgan fingerprint density at radius 3 is 2.58 bits per heavy atom. The number of hydrogen-bond acceptors (Lipinski definition) is 13. The van der Waals surface area contributed by atoms with Gasteiger partial charge in [0.15, 0.2) is 10.8 Å². The highest BCUT2D eigenvalue weighted by atomic mass is 32.2. The van der Waals surface area contributed by atoms with Crippen molar-refractivity contribution in [3.63, 3.8) is 0 Å². The molecule has 2 unspecified atom stereocenters. The second-order valence-electron chi connectivity index (χ2n) is 9.77. The van der Waals surface area contributed by atoms with Gasteiger partial charge >= 0.3 is 11.9 Å². The number of amides is 3. The van der Waals surface area contributed by atoms with Gasteiger partial charge in [-0.15, -0.1) is 23.1 Å². The molecule has 0 saturated carbocycles. The third-order valence-electron chi connectivity index (χ3n) is 5.39. The number of ether oxygens (including phenoxy) is 2. The monoisotopic (exact) mass is 596 g/mol. The number of esters is 2. The molecule has 2 aliphatic rings. The molecule has 218 valence electrons. The number of hydrogen-bond donors (Lipinski definition) is 3. The minimum atomic E-state index is -1.17. The molecule has 0 spiro atoms. The van der Waals surface area contributed by atoms with Crippen molar-refractivity contribution in [1.29, 1.82) is 0 Å². The normalized spacial score (nSPS) is 20.3. The number of rotatable bonds is 10. The first kappa shape index (κ1) is 31.0. The molecular formula is C24H32N6O8S2. The van der Waals surface area contributed by atoms with E-state index in [-0.39, 0.29) is 28.8 Å². The highest BCUT2D eigenvalue weighted by Crippen LogP contribution is 2.38. The number of aromatic nitrogens is 1. The largest absolute Gasteiger partial charge is 0.425 e. The predicted molar refractivity (Wildman–Crippen MR) is 147 cm³/mol. The molecule has 1 aromatic heterocycles. The minimum absolute atomic E-state index is 0.00451. The zero-order valence-electron chi connectivity index (χ0n) is 22.9. The number of fused-ring (bicyclic) bond motifs is 1. The van der Waals surface area contributed by atoms with E-state index in [9.17, 15) is 24.0 Å². The second kappa shape index (κ2) is 12.8. The van der Waals surface area contributed by atoms with Gasteiger partial charge in [0.05, 0.1) is 11.5 Å². The molecule has 3 heterocycles. The second-order valence-corrected chi connectivity index (χ2v) is 11.8. The van der Waals surface area contributed by atoms with Crippen LogP contribution >= 0.6 is 23.1 Å². The minimum Gasteiger partial charge on any atom is -0.425 e. The van der Waals surface area contributed by atoms with Crippen LogP contribution in [-0.4, -0.2) is 81.4 Å². The summed E-state index contributed by atoms with van der Waals surface area (Å²) in [6.45, 7) is 9.77. The molecule has 0 radical (unpaired) electrons. The van der Waals surface area contributed by atoms with Crippen LogP contribution in [0.3, 0.4) is 0 Å². The van der Waals surface area contributed by atoms with Crippen LogP contribution in [0.2, 0.25) is 0 Å². The molecule has 1 saturated heterocycles. The summed E-state index contributed by atoms with van der Waals surface area (Å²) in [5.74, 6) is -2.73. The first-order valence-electron chi connectivity index (χ1n) is 12.3. The lowest BCUT2D eigenvalue weighted by Gasteiger charge is -2.48. The lowest BCUT2D eigenvalue weighted by molar-refractivity contribution is -0.189. The van der Waals surface area contributed by atoms with Crippen LogP contribution < -0.4 is 16.4 Å². The lowest BCUT2D eigenvalue weighted by Crippen LogP contribution is -2.70. The quantitative estimate of drug-likeness (QED) is 0.114. The first-order valence-corrected chi connectivity index (χ1v) is 14.3. The van der Waals surface area contributed by atoms with Crippen molar-refractivity contribution < 1.29 is 38.3 Å². The Bertz CT molecular complexity index is 1240. The zero-order chi connectivity index (χ0) is 29.8. The number of carbonyl (C=O) groups excluding carboxylic acids is 5. The zero-order valence-corrected chi connectivity index (χ0v) is 24.5. The molecule has 16 heteroatoms. The Labute approximate surface area is 239 Å². The van der Waals surface area contributed by atoms with Gasteiger partial charge in [0.25, 0.3) is 11.8 Å². The smallest absolute Gasteiger partial charge is 0.357 e. The van der Waals surface area contributed by atoms with Crippen LogP contribution in [0.4, 0.5) is 5.13 Å². The van der Waals surface area contributed by atoms with Gasteiger partial charge < -0.3 is 30.7 Å². The maximum atomic E-state index is 13.2. The SMILES string of the molecule is CCON=C(C(=O)NC1C(=O)N2C(C(=O)OC(C)OC(=O)C(C)(C)C)=CCS[C@H]12)c1csc(NC(=O)[C@H](C)N)n1. The number of β-lactam (4-membered cyclic amide) rings is 1. The fourth-order valence-corrected chi connectivity index (χ4v) is 5.19. The van der Waals surface area contributed by atoms with Crippen molar-refractivity contribution in [3.8, 4) is 0 Å². The molecule has 1 fully saturated rings. The summed E-state index contributed by atoms with van der Waals surface area (Å²) in [6.07, 6.45) is 0.366. The molecule has 1 aromatic rings. The van der Waals surface area contributed by atoms with Crippen LogP contribution in [0.5, 0.6) is 0 Å². The van der Waals surface area contributed by atoms with E-state index in [4.69, 9.17) is 20.0 Å². The van der Waals surface area contributed by atoms with E-state index in [1.165, 1.54) is 42.0 Å². The number of thioether (sulfide) groups is 1. The van der Waals surface area contributed by atoms with Gasteiger partial charge in [-0.2, -0.15) is 0 Å². The van der Waals surface area contributed by atoms with Gasteiger partial charge in [0.1, 0.15) is 29.4 Å². The van der Waals surface area contributed by atoms with Crippen LogP contribution in [0.25, 0.3) is 0 Å². The number of anilines is 1. The Morgan fingerprint density at radius 2 is 1.95 bits per heavy atom. The Morgan fingerprint density at radius 1 is 1.25 bits per heavy atom. The van der Waals surface area contributed by atoms with Gasteiger partial charge in [-0.1, -0.05) is 5.16 Å². The van der Waals surface area contributed by atoms with Crippen molar-refractivity contribution in [2.24, 2.45) is 16.3 Å². The van der Waals surface area contributed by atoms with E-state index < -0.39 is 58.8 Å². The topological polar surface area (TPSA) is 192 Å². The average molecular weight is 597 g/mol. The van der Waals surface area contributed by atoms with E-state index in [1.807, 2.05) is 0 Å². The Balaban J connectivity index is 1.67. The van der Waals surface area contributed by atoms with Gasteiger partial charge in [0.2, 0.25) is 12.2 Å². The number of nitrogens with zero attached hydrogens (tertiary/aromatic N) is 3. The summed E-state index contributed by atoms with van der Waals surface area (Å²) in [4.78, 5) is 73.4. The van der Waals surface area contributed by atoms with Crippen molar-refractivity contribution in [3.05, 3.63) is 22.8 Å². The summed E-state index contributed by atoms with van der Waals surface area (Å²) < 4.78 is 10.4. The molecule has 4 N–H and O–H groups in total. The number of carbonyl (C=O) groups is 5. The highest BCUT2D eigenvalue weighted by Gasteiger charge is 2.53. The summed E-state index contributed by atoms with van der Waals surface area (Å²) in [7, 11) is 0. The van der Waals surface area contributed by atoms with Crippen molar-refractivity contribution in [1.82, 2.24) is 15.2 Å². The molecule has 4 atom stereocenters. The Hall–Kier alpha value is -3.50. The molecule has 0 aromatic carbocycles. The molecule has 3 amide bonds. The maximum absolute atomic E-state index is 13.2. The van der Waals surface area contributed by atoms with E-state index in [1.54, 1.807) is 27.7 Å². The average Bonchev–Trinajstić information content (AvgIpc) is 3.33. The molecule has 14 nitrogen and oxygen atoms in total. The maximum Gasteiger partial charge on any atom is 0.357 e. The molecule has 0 aliphatic carbocycles. The van der Waals surface area contributed by atoms with E-state index >= 15 is 0 Å². The van der Waals surface area contributed by atoms with Gasteiger partial charge in [-0.3, -0.25) is 24.1 Å². The van der Waals surface area contributed by atoms with Gasteiger partial charge in [0, 0.05) is 18.1 Å². The molecule has 3 rings (SSSR count). The Kier molecular flexibility index (Phi) is 9.92. The third kappa shape index (κ3) is 7.17. The molecule has 40 heavy (non-hydrogen) atoms. The van der Waals surface area contributed by atoms with Crippen LogP contribution in [0.1, 0.15) is 47.2 Å². The summed E-state index contributed by atoms with van der Waals surface area (Å²) >= 11 is 2.40. The van der Waals surface area contributed by atoms with Crippen molar-refractivity contribution in [2.45, 2.75) is 65.3 Å². The fraction of sp³-hybridized carbons (Fsp3) is 0.542. The fourth-order valence-electron chi connectivity index (χ4n) is 3.29. The summed E-state index contributed by atoms with van der Waals surface area (Å²) in [6, 6.07) is -1.72. The number of thiazole rings is 1. The third-order valence-corrected chi connectivity index (χ3v) is 7.33. The molecule has 2 aliphatic heterocycles. The standard InChI is InChI=1S/C24H32N6O8S2/c1-7-36-29-15(13-10-40-23(26-13)28-17(31)11(2)25)18(32)27-16-19(33)30-14(8-9-39-20(16)30)21(34)37-12(3)38-22(35)24(4,5)6/h8,10-12,16,20H,7,9,25H2,1-6H3,(H,27,32)(H,26,28,31)/t11-,12?,16?,20+/m0/s1. The van der Waals surface area contributed by atoms with Crippen LogP contribution in [-0.2, 0) is 38.3 Å². The van der Waals surface area contributed by atoms with Crippen molar-refractivity contribution >= 4 is 63.6 Å². The van der Waals surface area contributed by atoms with Crippen molar-refractivity contribution in [2.75, 3.05) is 17.7 Å². The van der Waals surface area contributed by atoms with Gasteiger partial charge in [-0.05, 0) is 40.7 Å². The van der Waals surface area contributed by atoms with E-state index in [2.05, 4.69) is 20.8 Å². The predicted octanol–water partition coefficient (Wildman–Crippen LogP) is 0.932. The summed E-state index contributed by atoms with van der Waals surface area (Å²) in [5.41, 5.74) is 4.70. The van der Waals surface area contributed by atoms with Crippen LogP contribution in [0, 0.1) is 5.41 Å². The van der Waals surface area contributed by atoms with Gasteiger partial charge in [-0.25, -0.2) is 9.78 Å². The number of nitrogens with one attached hydrogen (secondary N) is 2. The van der Waals surface area contributed by atoms with Crippen LogP contribution in [0.15, 0.2) is 22.3 Å². The lowest BCUT2D eigenvalue weighted by atomic mass is 9.97. The number of oxime groups is 1. The highest BCUT2D eigenvalue weighted by molar-refractivity contribution is 8.00. The number of nitrogens with two attached hydrogens (primary N) is 1. The van der Waals surface area contributed by atoms with E-state index in [0.717, 1.165) is 11.3 Å². The molecular weight excluding hydrogens is 564 g/mol. The molecule has 0 bridgehead atoms. The first-order chi connectivity index (χ1) is 18.7.